The van der Waals surface area contributed by atoms with E-state index in [-0.39, 0.29) is 42.2 Å². The smallest absolute Gasteiger partial charge is 0.318 e. The molecular formula is C32H37F2N5O4. The number of aliphatic hydroxyl groups excluding tert-OH is 1. The topological polar surface area (TPSA) is 102 Å². The van der Waals surface area contributed by atoms with Crippen LogP contribution in [-0.2, 0) is 13.0 Å². The number of carbonyl (C=O) groups excluding carboxylic acids is 1. The Kier molecular flexibility index (Phi) is 7.12. The molecule has 11 heteroatoms. The van der Waals surface area contributed by atoms with Gasteiger partial charge in [-0.2, -0.15) is 9.97 Å². The summed E-state index contributed by atoms with van der Waals surface area (Å²) in [6, 6.07) is 6.16. The van der Waals surface area contributed by atoms with Crippen LogP contribution < -0.4 is 14.5 Å². The minimum atomic E-state index is -0.889. The summed E-state index contributed by atoms with van der Waals surface area (Å²) < 4.78 is 35.6. The first kappa shape index (κ1) is 28.2. The van der Waals surface area contributed by atoms with Crippen LogP contribution in [0.4, 0.5) is 20.3 Å². The van der Waals surface area contributed by atoms with Crippen LogP contribution in [0, 0.1) is 5.82 Å². The lowest BCUT2D eigenvalue weighted by Gasteiger charge is -2.31. The second-order valence-corrected chi connectivity index (χ2v) is 12.4. The van der Waals surface area contributed by atoms with Crippen LogP contribution in [0.25, 0.3) is 10.8 Å². The fourth-order valence-corrected chi connectivity index (χ4v) is 7.64. The number of halogens is 2. The molecule has 4 aliphatic heterocycles. The van der Waals surface area contributed by atoms with Crippen molar-refractivity contribution in [3.8, 4) is 11.8 Å². The molecule has 228 valence electrons. The molecule has 5 heterocycles. The van der Waals surface area contributed by atoms with Crippen molar-refractivity contribution in [2.24, 2.45) is 0 Å². The SMILES string of the molecule is CCc1c(F)ccc2cc(O)cc(N3Cc4nc(OC[C@@]56CCCN5C[C@H](F)C6)nc(N5CCCCC(O)C5)c4C3=O)c12. The molecule has 3 fully saturated rings. The second-order valence-electron chi connectivity index (χ2n) is 12.4. The number of amides is 1. The largest absolute Gasteiger partial charge is 0.508 e. The van der Waals surface area contributed by atoms with Gasteiger partial charge in [0, 0.05) is 37.5 Å². The Morgan fingerprint density at radius 1 is 1.14 bits per heavy atom. The Morgan fingerprint density at radius 3 is 2.84 bits per heavy atom. The quantitative estimate of drug-likeness (QED) is 0.431. The number of nitrogens with zero attached hydrogens (tertiary/aromatic N) is 5. The maximum atomic E-state index is 14.9. The van der Waals surface area contributed by atoms with E-state index in [9.17, 15) is 23.8 Å². The van der Waals surface area contributed by atoms with Gasteiger partial charge in [0.15, 0.2) is 0 Å². The van der Waals surface area contributed by atoms with E-state index in [0.29, 0.717) is 78.0 Å². The Labute approximate surface area is 249 Å². The monoisotopic (exact) mass is 593 g/mol. The molecule has 0 bridgehead atoms. The van der Waals surface area contributed by atoms with Gasteiger partial charge in [-0.3, -0.25) is 9.69 Å². The van der Waals surface area contributed by atoms with Gasteiger partial charge in [-0.1, -0.05) is 13.0 Å². The molecule has 0 aliphatic carbocycles. The molecule has 3 atom stereocenters. The van der Waals surface area contributed by atoms with E-state index in [0.717, 1.165) is 32.2 Å². The van der Waals surface area contributed by atoms with Crippen LogP contribution in [0.2, 0.25) is 0 Å². The summed E-state index contributed by atoms with van der Waals surface area (Å²) >= 11 is 0. The first-order valence-electron chi connectivity index (χ1n) is 15.4. The van der Waals surface area contributed by atoms with Crippen molar-refractivity contribution >= 4 is 28.2 Å². The molecule has 3 aromatic rings. The molecule has 2 aromatic carbocycles. The maximum Gasteiger partial charge on any atom is 0.318 e. The summed E-state index contributed by atoms with van der Waals surface area (Å²) in [4.78, 5) is 29.3. The fraction of sp³-hybridized carbons (Fsp3) is 0.531. The van der Waals surface area contributed by atoms with E-state index in [4.69, 9.17) is 14.7 Å². The van der Waals surface area contributed by atoms with Crippen molar-refractivity contribution in [3.63, 3.8) is 0 Å². The molecule has 1 unspecified atom stereocenters. The number of anilines is 2. The predicted octanol–water partition coefficient (Wildman–Crippen LogP) is 4.50. The van der Waals surface area contributed by atoms with Gasteiger partial charge in [-0.05, 0) is 68.2 Å². The Hall–Kier alpha value is -3.57. The lowest BCUT2D eigenvalue weighted by molar-refractivity contribution is 0.0995. The van der Waals surface area contributed by atoms with Crippen molar-refractivity contribution in [3.05, 3.63) is 46.9 Å². The summed E-state index contributed by atoms with van der Waals surface area (Å²) in [6.07, 6.45) is 3.54. The third kappa shape index (κ3) is 4.86. The average molecular weight is 594 g/mol. The van der Waals surface area contributed by atoms with Gasteiger partial charge in [0.25, 0.3) is 5.91 Å². The normalized spacial score (nSPS) is 25.8. The number of phenolic OH excluding ortho intramolecular Hbond substituents is 1. The van der Waals surface area contributed by atoms with Crippen molar-refractivity contribution < 1.29 is 28.5 Å². The zero-order valence-corrected chi connectivity index (χ0v) is 24.4. The van der Waals surface area contributed by atoms with Crippen molar-refractivity contribution in [1.82, 2.24) is 14.9 Å². The van der Waals surface area contributed by atoms with E-state index in [2.05, 4.69) is 4.90 Å². The number of aromatic nitrogens is 2. The molecule has 9 nitrogen and oxygen atoms in total. The second kappa shape index (κ2) is 10.9. The lowest BCUT2D eigenvalue weighted by Crippen LogP contribution is -2.43. The minimum absolute atomic E-state index is 0.0333. The fourth-order valence-electron chi connectivity index (χ4n) is 7.64. The van der Waals surface area contributed by atoms with E-state index in [1.807, 2.05) is 11.8 Å². The standard InChI is InChI=1S/C32H37F2N5O4/c1-2-23-24(34)8-7-19-12-22(41)13-26(27(19)23)39-17-25-28(30(39)42)29(37-10-4-3-6-21(40)16-37)36-31(35-25)43-18-32-9-5-11-38(32)15-20(33)14-32/h7-8,12-13,20-21,40-41H,2-6,9-11,14-18H2,1H3/t20-,21?,32+/m1/s1. The van der Waals surface area contributed by atoms with Crippen molar-refractivity contribution in [1.29, 1.82) is 0 Å². The summed E-state index contributed by atoms with van der Waals surface area (Å²) in [7, 11) is 0. The van der Waals surface area contributed by atoms with E-state index in [1.54, 1.807) is 12.1 Å². The molecule has 4 aliphatic rings. The molecule has 0 radical (unpaired) electrons. The number of phenols is 1. The van der Waals surface area contributed by atoms with Gasteiger partial charge in [-0.25, -0.2) is 8.78 Å². The predicted molar refractivity (Wildman–Crippen MR) is 158 cm³/mol. The van der Waals surface area contributed by atoms with Gasteiger partial charge in [0.2, 0.25) is 0 Å². The number of hydrogen-bond acceptors (Lipinski definition) is 8. The van der Waals surface area contributed by atoms with Crippen LogP contribution in [0.3, 0.4) is 0 Å². The highest BCUT2D eigenvalue weighted by Crippen LogP contribution is 2.43. The van der Waals surface area contributed by atoms with Gasteiger partial charge in [-0.15, -0.1) is 0 Å². The van der Waals surface area contributed by atoms with Crippen LogP contribution in [0.5, 0.6) is 11.8 Å². The molecular weight excluding hydrogens is 556 g/mol. The Balaban J connectivity index is 1.30. The zero-order valence-electron chi connectivity index (χ0n) is 24.4. The van der Waals surface area contributed by atoms with Crippen LogP contribution >= 0.6 is 0 Å². The van der Waals surface area contributed by atoms with Gasteiger partial charge >= 0.3 is 6.01 Å². The Morgan fingerprint density at radius 2 is 2.00 bits per heavy atom. The summed E-state index contributed by atoms with van der Waals surface area (Å²) in [5.41, 5.74) is 1.26. The molecule has 1 aromatic heterocycles. The number of β-amino-alcohol motifs (C(OH)–C–C–N with tert-alkyl or cyclic N) is 1. The number of benzene rings is 2. The van der Waals surface area contributed by atoms with Gasteiger partial charge in [0.1, 0.15) is 35.7 Å². The van der Waals surface area contributed by atoms with Crippen LogP contribution in [-0.4, -0.2) is 81.6 Å². The van der Waals surface area contributed by atoms with Crippen molar-refractivity contribution in [2.75, 3.05) is 42.6 Å². The molecule has 0 spiro atoms. The van der Waals surface area contributed by atoms with Gasteiger partial charge in [0.05, 0.1) is 29.6 Å². The van der Waals surface area contributed by atoms with E-state index >= 15 is 0 Å². The zero-order chi connectivity index (χ0) is 29.9. The number of alkyl halides is 1. The van der Waals surface area contributed by atoms with E-state index < -0.39 is 12.3 Å². The van der Waals surface area contributed by atoms with Crippen LogP contribution in [0.1, 0.15) is 67.1 Å². The first-order chi connectivity index (χ1) is 20.8. The van der Waals surface area contributed by atoms with E-state index in [1.165, 1.54) is 17.0 Å². The average Bonchev–Trinajstić information content (AvgIpc) is 3.55. The number of fused-ring (bicyclic) bond motifs is 3. The summed E-state index contributed by atoms with van der Waals surface area (Å²) in [5.74, 6) is -0.363. The summed E-state index contributed by atoms with van der Waals surface area (Å²) in [5, 5.41) is 22.4. The molecule has 1 amide bonds. The highest BCUT2D eigenvalue weighted by molar-refractivity contribution is 6.16. The lowest BCUT2D eigenvalue weighted by atomic mass is 9.95. The number of aryl methyl sites for hydroxylation is 1. The maximum absolute atomic E-state index is 14.9. The third-order valence-electron chi connectivity index (χ3n) is 9.66. The highest BCUT2D eigenvalue weighted by Gasteiger charge is 2.49. The highest BCUT2D eigenvalue weighted by atomic mass is 19.1. The Bertz CT molecular complexity index is 1590. The number of carbonyl (C=O) groups is 1. The molecule has 7 rings (SSSR count). The van der Waals surface area contributed by atoms with Crippen molar-refractivity contribution in [2.45, 2.75) is 76.2 Å². The minimum Gasteiger partial charge on any atom is -0.508 e. The number of aromatic hydroxyl groups is 1. The number of ether oxygens (including phenoxy) is 1. The number of aliphatic hydroxyl groups is 1. The van der Waals surface area contributed by atoms with Crippen LogP contribution in [0.15, 0.2) is 24.3 Å². The molecule has 3 saturated heterocycles. The summed E-state index contributed by atoms with van der Waals surface area (Å²) in [6.45, 7) is 4.36. The molecule has 2 N–H and O–H groups in total. The molecule has 0 saturated carbocycles. The number of hydrogen-bond donors (Lipinski definition) is 2. The van der Waals surface area contributed by atoms with Gasteiger partial charge < -0.3 is 24.7 Å². The molecule has 43 heavy (non-hydrogen) atoms. The first-order valence-corrected chi connectivity index (χ1v) is 15.4. The number of rotatable bonds is 6. The third-order valence-corrected chi connectivity index (χ3v) is 9.66.